The van der Waals surface area contributed by atoms with E-state index in [4.69, 9.17) is 16.6 Å². The quantitative estimate of drug-likeness (QED) is 0.220. The molecule has 0 unspecified atom stereocenters. The molecule has 4 rings (SSSR count). The van der Waals surface area contributed by atoms with Crippen LogP contribution < -0.4 is 4.90 Å². The highest BCUT2D eigenvalue weighted by Gasteiger charge is 2.34. The van der Waals surface area contributed by atoms with Gasteiger partial charge in [-0.25, -0.2) is 0 Å². The van der Waals surface area contributed by atoms with E-state index in [0.29, 0.717) is 26.3 Å². The lowest BCUT2D eigenvalue weighted by molar-refractivity contribution is -0.384. The van der Waals surface area contributed by atoms with Crippen LogP contribution in [0.25, 0.3) is 17.4 Å². The number of aryl methyl sites for hydroxylation is 2. The van der Waals surface area contributed by atoms with Gasteiger partial charge < -0.3 is 4.42 Å². The number of nitro groups is 1. The summed E-state index contributed by atoms with van der Waals surface area (Å²) in [7, 11) is 0. The number of benzene rings is 2. The van der Waals surface area contributed by atoms with Gasteiger partial charge in [0, 0.05) is 12.1 Å². The molecule has 1 fully saturated rings. The molecule has 1 amide bonds. The second-order valence-electron chi connectivity index (χ2n) is 6.78. The average Bonchev–Trinajstić information content (AvgIpc) is 3.28. The van der Waals surface area contributed by atoms with Crippen LogP contribution in [-0.4, -0.2) is 15.2 Å². The number of nitrogens with zero attached hydrogens (tertiary/aromatic N) is 2. The molecule has 30 heavy (non-hydrogen) atoms. The number of rotatable bonds is 4. The Morgan fingerprint density at radius 2 is 1.90 bits per heavy atom. The Hall–Kier alpha value is -3.23. The molecule has 3 aromatic rings. The number of anilines is 1. The van der Waals surface area contributed by atoms with Crippen LogP contribution >= 0.6 is 24.0 Å². The molecule has 2 aromatic carbocycles. The molecule has 0 spiro atoms. The largest absolute Gasteiger partial charge is 0.456 e. The van der Waals surface area contributed by atoms with E-state index in [9.17, 15) is 14.9 Å². The highest BCUT2D eigenvalue weighted by molar-refractivity contribution is 8.27. The lowest BCUT2D eigenvalue weighted by atomic mass is 10.1. The summed E-state index contributed by atoms with van der Waals surface area (Å²) < 4.78 is 6.23. The minimum atomic E-state index is -0.452. The number of hydrogen-bond acceptors (Lipinski definition) is 6. The summed E-state index contributed by atoms with van der Waals surface area (Å²) in [5.74, 6) is 0.561. The van der Waals surface area contributed by atoms with Gasteiger partial charge in [-0.15, -0.1) is 0 Å². The first-order valence-corrected chi connectivity index (χ1v) is 10.3. The normalized spacial score (nSPS) is 15.3. The third-order valence-corrected chi connectivity index (χ3v) is 5.97. The lowest BCUT2D eigenvalue weighted by Crippen LogP contribution is -2.28. The Bertz CT molecular complexity index is 1230. The Morgan fingerprint density at radius 1 is 1.13 bits per heavy atom. The molecular formula is C22H16N2O4S2. The fourth-order valence-corrected chi connectivity index (χ4v) is 4.45. The van der Waals surface area contributed by atoms with Gasteiger partial charge in [-0.3, -0.25) is 19.8 Å². The lowest BCUT2D eigenvalue weighted by Gasteiger charge is -2.17. The number of hydrogen-bond donors (Lipinski definition) is 0. The van der Waals surface area contributed by atoms with Crippen LogP contribution in [0.4, 0.5) is 11.4 Å². The number of carbonyl (C=O) groups is 1. The molecule has 0 aliphatic carbocycles. The number of thioether (sulfide) groups is 1. The molecule has 0 atom stereocenters. The van der Waals surface area contributed by atoms with Gasteiger partial charge in [0.2, 0.25) is 0 Å². The van der Waals surface area contributed by atoms with Gasteiger partial charge in [-0.1, -0.05) is 48.2 Å². The van der Waals surface area contributed by atoms with Gasteiger partial charge in [0.25, 0.3) is 11.6 Å². The Labute approximate surface area is 182 Å². The fraction of sp³-hybridized carbons (Fsp3) is 0.0909. The van der Waals surface area contributed by atoms with Crippen molar-refractivity contribution in [3.05, 3.63) is 86.5 Å². The maximum atomic E-state index is 13.0. The number of carbonyl (C=O) groups excluding carboxylic acids is 1. The monoisotopic (exact) mass is 436 g/mol. The van der Waals surface area contributed by atoms with Crippen molar-refractivity contribution in [2.45, 2.75) is 13.8 Å². The topological polar surface area (TPSA) is 76.6 Å². The summed E-state index contributed by atoms with van der Waals surface area (Å²) in [6.07, 6.45) is 1.61. The predicted molar refractivity (Wildman–Crippen MR) is 122 cm³/mol. The van der Waals surface area contributed by atoms with E-state index in [1.807, 2.05) is 32.0 Å². The first kappa shape index (κ1) is 20.1. The maximum Gasteiger partial charge on any atom is 0.280 e. The number of amides is 1. The molecule has 0 saturated carbocycles. The Kier molecular flexibility index (Phi) is 5.27. The second kappa shape index (κ2) is 7.89. The molecule has 1 saturated heterocycles. The number of thiocarbonyl (C=S) groups is 1. The average molecular weight is 437 g/mol. The second-order valence-corrected chi connectivity index (χ2v) is 8.46. The Balaban J connectivity index is 1.66. The summed E-state index contributed by atoms with van der Waals surface area (Å²) in [6, 6.07) is 15.6. The van der Waals surface area contributed by atoms with Gasteiger partial charge in [-0.2, -0.15) is 0 Å². The van der Waals surface area contributed by atoms with Crippen LogP contribution in [-0.2, 0) is 4.79 Å². The SMILES string of the molecule is Cc1ccc(C)c(N2C(=O)C(=Cc3ccc(-c4ccccc4[N+](=O)[O-])o3)SC2=S)c1. The van der Waals surface area contributed by atoms with E-state index in [1.54, 1.807) is 36.4 Å². The minimum absolute atomic E-state index is 0.0420. The van der Waals surface area contributed by atoms with Crippen molar-refractivity contribution in [3.63, 3.8) is 0 Å². The zero-order chi connectivity index (χ0) is 21.4. The molecule has 0 radical (unpaired) electrons. The van der Waals surface area contributed by atoms with Crippen LogP contribution in [0.15, 0.2) is 63.9 Å². The fourth-order valence-electron chi connectivity index (χ4n) is 3.18. The van der Waals surface area contributed by atoms with Crippen molar-refractivity contribution < 1.29 is 14.1 Å². The van der Waals surface area contributed by atoms with Crippen LogP contribution in [0.3, 0.4) is 0 Å². The van der Waals surface area contributed by atoms with E-state index in [2.05, 4.69) is 0 Å². The molecule has 2 heterocycles. The van der Waals surface area contributed by atoms with Crippen molar-refractivity contribution in [2.24, 2.45) is 0 Å². The van der Waals surface area contributed by atoms with Gasteiger partial charge in [0.05, 0.1) is 21.1 Å². The number of furan rings is 1. The molecule has 150 valence electrons. The summed E-state index contributed by atoms with van der Waals surface area (Å²) in [5, 5.41) is 11.3. The van der Waals surface area contributed by atoms with Crippen molar-refractivity contribution in [3.8, 4) is 11.3 Å². The van der Waals surface area contributed by atoms with Gasteiger partial charge in [0.15, 0.2) is 4.32 Å². The Morgan fingerprint density at radius 3 is 2.67 bits per heavy atom. The zero-order valence-electron chi connectivity index (χ0n) is 16.1. The number of para-hydroxylation sites is 1. The predicted octanol–water partition coefficient (Wildman–Crippen LogP) is 5.88. The number of nitro benzene ring substituents is 1. The first-order chi connectivity index (χ1) is 14.3. The smallest absolute Gasteiger partial charge is 0.280 e. The summed E-state index contributed by atoms with van der Waals surface area (Å²) >= 11 is 6.64. The molecule has 0 N–H and O–H groups in total. The van der Waals surface area contributed by atoms with Crippen LogP contribution in [0.1, 0.15) is 16.9 Å². The van der Waals surface area contributed by atoms with E-state index in [1.165, 1.54) is 22.7 Å². The van der Waals surface area contributed by atoms with E-state index in [0.717, 1.165) is 16.8 Å². The van der Waals surface area contributed by atoms with Gasteiger partial charge >= 0.3 is 0 Å². The highest BCUT2D eigenvalue weighted by Crippen LogP contribution is 2.38. The molecule has 1 aromatic heterocycles. The molecule has 1 aliphatic heterocycles. The zero-order valence-corrected chi connectivity index (χ0v) is 17.8. The van der Waals surface area contributed by atoms with Crippen molar-refractivity contribution >= 4 is 51.7 Å². The van der Waals surface area contributed by atoms with Crippen LogP contribution in [0, 0.1) is 24.0 Å². The summed E-state index contributed by atoms with van der Waals surface area (Å²) in [6.45, 7) is 3.90. The van der Waals surface area contributed by atoms with E-state index < -0.39 is 4.92 Å². The van der Waals surface area contributed by atoms with Crippen LogP contribution in [0.5, 0.6) is 0 Å². The first-order valence-electron chi connectivity index (χ1n) is 9.04. The molecule has 1 aliphatic rings. The van der Waals surface area contributed by atoms with Crippen molar-refractivity contribution in [2.75, 3.05) is 4.90 Å². The highest BCUT2D eigenvalue weighted by atomic mass is 32.2. The standard InChI is InChI=1S/C22H16N2O4S2/c1-13-7-8-14(2)18(11-13)23-21(25)20(30-22(23)29)12-15-9-10-19(28-15)16-5-3-4-6-17(16)24(26)27/h3-12H,1-2H3. The third kappa shape index (κ3) is 3.67. The van der Waals surface area contributed by atoms with E-state index >= 15 is 0 Å². The maximum absolute atomic E-state index is 13.0. The molecule has 0 bridgehead atoms. The van der Waals surface area contributed by atoms with Crippen molar-refractivity contribution in [1.29, 1.82) is 0 Å². The van der Waals surface area contributed by atoms with Gasteiger partial charge in [-0.05, 0) is 49.2 Å². The summed E-state index contributed by atoms with van der Waals surface area (Å²) in [5.41, 5.74) is 3.09. The van der Waals surface area contributed by atoms with E-state index in [-0.39, 0.29) is 11.6 Å². The van der Waals surface area contributed by atoms with Gasteiger partial charge in [0.1, 0.15) is 11.5 Å². The molecular weight excluding hydrogens is 420 g/mol. The minimum Gasteiger partial charge on any atom is -0.456 e. The third-order valence-electron chi connectivity index (χ3n) is 4.67. The van der Waals surface area contributed by atoms with Crippen LogP contribution in [0.2, 0.25) is 0 Å². The molecule has 6 nitrogen and oxygen atoms in total. The van der Waals surface area contributed by atoms with Crippen molar-refractivity contribution in [1.82, 2.24) is 0 Å². The summed E-state index contributed by atoms with van der Waals surface area (Å²) in [4.78, 5) is 25.8. The molecule has 8 heteroatoms.